The highest BCUT2D eigenvalue weighted by molar-refractivity contribution is 5.47. The third-order valence-electron chi connectivity index (χ3n) is 1.86. The van der Waals surface area contributed by atoms with Gasteiger partial charge in [-0.25, -0.2) is 0 Å². The van der Waals surface area contributed by atoms with E-state index in [1.54, 1.807) is 12.1 Å². The first-order valence-electron chi connectivity index (χ1n) is 4.63. The quantitative estimate of drug-likeness (QED) is 0.744. The first-order valence-corrected chi connectivity index (χ1v) is 4.63. The summed E-state index contributed by atoms with van der Waals surface area (Å²) in [5.41, 5.74) is 0.190. The minimum absolute atomic E-state index is 0.177. The Labute approximate surface area is 89.0 Å². The second-order valence-corrected chi connectivity index (χ2v) is 3.42. The summed E-state index contributed by atoms with van der Waals surface area (Å²) < 4.78 is 5.41. The lowest BCUT2D eigenvalue weighted by atomic mass is 10.3. The molecule has 0 spiro atoms. The third-order valence-corrected chi connectivity index (χ3v) is 1.86. The fraction of sp³-hybridized carbons (Fsp3) is 0.400. The van der Waals surface area contributed by atoms with Crippen LogP contribution in [0.15, 0.2) is 24.3 Å². The monoisotopic (exact) mass is 211 g/mol. The molecule has 0 unspecified atom stereocenters. The topological polar surface area (TPSA) is 59.0 Å². The lowest BCUT2D eigenvalue weighted by molar-refractivity contribution is 0.261. The second-order valence-electron chi connectivity index (χ2n) is 3.42. The predicted molar refractivity (Wildman–Crippen MR) is 58.1 cm³/mol. The molecule has 0 aliphatic heterocycles. The van der Waals surface area contributed by atoms with E-state index in [-0.39, 0.29) is 10.9 Å². The summed E-state index contributed by atoms with van der Waals surface area (Å²) in [5.74, 6) is 0.683. The van der Waals surface area contributed by atoms with E-state index in [0.29, 0.717) is 12.4 Å². The Morgan fingerprint density at radius 2 is 1.87 bits per heavy atom. The molecule has 1 rings (SSSR count). The Kier molecular flexibility index (Phi) is 4.36. The molecule has 0 aliphatic rings. The van der Waals surface area contributed by atoms with Crippen molar-refractivity contribution < 1.29 is 9.94 Å². The van der Waals surface area contributed by atoms with E-state index < -0.39 is 0 Å². The highest BCUT2D eigenvalue weighted by Gasteiger charge is 1.96. The minimum Gasteiger partial charge on any atom is -0.733 e. The molecule has 5 nitrogen and oxygen atoms in total. The summed E-state index contributed by atoms with van der Waals surface area (Å²) in [5, 5.41) is 18.9. The van der Waals surface area contributed by atoms with Gasteiger partial charge in [-0.3, -0.25) is 5.21 Å². The van der Waals surface area contributed by atoms with Crippen LogP contribution < -0.4 is 9.96 Å². The molecule has 0 saturated carbocycles. The summed E-state index contributed by atoms with van der Waals surface area (Å²) in [6, 6.07) is 6.29. The lowest BCUT2D eigenvalue weighted by Gasteiger charge is -2.21. The van der Waals surface area contributed by atoms with E-state index >= 15 is 0 Å². The Morgan fingerprint density at radius 1 is 1.27 bits per heavy atom. The highest BCUT2D eigenvalue weighted by Crippen LogP contribution is 2.17. The van der Waals surface area contributed by atoms with Crippen molar-refractivity contribution in [3.05, 3.63) is 29.5 Å². The van der Waals surface area contributed by atoms with Gasteiger partial charge in [0.15, 0.2) is 0 Å². The van der Waals surface area contributed by atoms with Crippen LogP contribution in [-0.4, -0.2) is 37.4 Å². The van der Waals surface area contributed by atoms with Crippen molar-refractivity contribution in [1.29, 1.82) is 0 Å². The fourth-order valence-electron chi connectivity index (χ4n) is 1.02. The molecular weight excluding hydrogens is 196 g/mol. The van der Waals surface area contributed by atoms with Gasteiger partial charge in [0.2, 0.25) is 0 Å². The Hall–Kier alpha value is -1.30. The fourth-order valence-corrected chi connectivity index (χ4v) is 1.02. The number of nitrogens with zero attached hydrogens (tertiary/aromatic N) is 2. The van der Waals surface area contributed by atoms with Crippen molar-refractivity contribution in [2.75, 3.05) is 32.5 Å². The van der Waals surface area contributed by atoms with E-state index in [4.69, 9.17) is 9.94 Å². The first-order chi connectivity index (χ1) is 7.09. The standard InChI is InChI=1S/C10H15N2O3/c1-11(2)7-8-15-10-5-3-9(4-6-10)12(13)14/h3-6,13H,7-8H2,1-2H3/q-1. The molecule has 15 heavy (non-hydrogen) atoms. The van der Waals surface area contributed by atoms with Crippen LogP contribution in [0.1, 0.15) is 0 Å². The largest absolute Gasteiger partial charge is 0.733 e. The Morgan fingerprint density at radius 3 is 2.33 bits per heavy atom. The minimum atomic E-state index is -0.177. The maximum absolute atomic E-state index is 10.5. The molecule has 0 aliphatic carbocycles. The highest BCUT2D eigenvalue weighted by atomic mass is 16.8. The molecular formula is C10H15N2O3-. The SMILES string of the molecule is CN(C)CCOc1ccc(N([O-])O)cc1. The van der Waals surface area contributed by atoms with Gasteiger partial charge in [0.05, 0.1) is 5.69 Å². The average Bonchev–Trinajstić information content (AvgIpc) is 2.18. The van der Waals surface area contributed by atoms with E-state index in [1.807, 2.05) is 19.0 Å². The van der Waals surface area contributed by atoms with Gasteiger partial charge >= 0.3 is 0 Å². The van der Waals surface area contributed by atoms with Crippen LogP contribution in [0.3, 0.4) is 0 Å². The van der Waals surface area contributed by atoms with E-state index in [0.717, 1.165) is 6.54 Å². The lowest BCUT2D eigenvalue weighted by Crippen LogP contribution is -2.19. The van der Waals surface area contributed by atoms with Crippen LogP contribution in [0.2, 0.25) is 0 Å². The molecule has 0 radical (unpaired) electrons. The number of hydrogen-bond donors (Lipinski definition) is 1. The molecule has 0 heterocycles. The zero-order valence-corrected chi connectivity index (χ0v) is 8.88. The second kappa shape index (κ2) is 5.55. The molecule has 0 atom stereocenters. The molecule has 1 aromatic carbocycles. The van der Waals surface area contributed by atoms with Crippen LogP contribution in [0.4, 0.5) is 5.69 Å². The van der Waals surface area contributed by atoms with Crippen molar-refractivity contribution in [3.63, 3.8) is 0 Å². The molecule has 1 aromatic rings. The zero-order chi connectivity index (χ0) is 11.3. The van der Waals surface area contributed by atoms with Gasteiger partial charge in [0.25, 0.3) is 0 Å². The molecule has 0 saturated heterocycles. The first kappa shape index (κ1) is 11.8. The van der Waals surface area contributed by atoms with Crippen molar-refractivity contribution in [2.24, 2.45) is 0 Å². The van der Waals surface area contributed by atoms with Gasteiger partial charge in [-0.2, -0.15) is 0 Å². The normalized spacial score (nSPS) is 10.5. The molecule has 1 N–H and O–H groups in total. The van der Waals surface area contributed by atoms with Crippen LogP contribution >= 0.6 is 0 Å². The van der Waals surface area contributed by atoms with E-state index in [2.05, 4.69) is 0 Å². The van der Waals surface area contributed by atoms with Crippen LogP contribution in [0, 0.1) is 5.21 Å². The summed E-state index contributed by atoms with van der Waals surface area (Å²) in [6.45, 7) is 1.42. The summed E-state index contributed by atoms with van der Waals surface area (Å²) in [6.07, 6.45) is 0. The van der Waals surface area contributed by atoms with Crippen LogP contribution in [-0.2, 0) is 0 Å². The van der Waals surface area contributed by atoms with Crippen LogP contribution in [0.5, 0.6) is 5.75 Å². The Balaban J connectivity index is 2.43. The third kappa shape index (κ3) is 4.16. The molecule has 84 valence electrons. The number of benzene rings is 1. The average molecular weight is 211 g/mol. The van der Waals surface area contributed by atoms with E-state index in [1.165, 1.54) is 12.1 Å². The van der Waals surface area contributed by atoms with Gasteiger partial charge in [0, 0.05) is 6.54 Å². The maximum atomic E-state index is 10.5. The van der Waals surface area contributed by atoms with Gasteiger partial charge < -0.3 is 20.1 Å². The van der Waals surface area contributed by atoms with Gasteiger partial charge in [0.1, 0.15) is 12.4 Å². The number of likely N-dealkylation sites (N-methyl/N-ethyl adjacent to an activating group) is 1. The molecule has 5 heteroatoms. The van der Waals surface area contributed by atoms with E-state index in [9.17, 15) is 5.21 Å². The smallest absolute Gasteiger partial charge is 0.119 e. The molecule has 0 fully saturated rings. The number of rotatable bonds is 5. The summed E-state index contributed by atoms with van der Waals surface area (Å²) >= 11 is 0. The van der Waals surface area contributed by atoms with Crippen molar-refractivity contribution in [2.45, 2.75) is 0 Å². The van der Waals surface area contributed by atoms with Crippen molar-refractivity contribution in [1.82, 2.24) is 4.90 Å². The molecule has 0 amide bonds. The zero-order valence-electron chi connectivity index (χ0n) is 8.88. The van der Waals surface area contributed by atoms with Gasteiger partial charge in [-0.1, -0.05) is 0 Å². The predicted octanol–water partition coefficient (Wildman–Crippen LogP) is 1.32. The number of hydrogen-bond acceptors (Lipinski definition) is 5. The van der Waals surface area contributed by atoms with Gasteiger partial charge in [-0.15, -0.1) is 0 Å². The Bertz CT molecular complexity index is 285. The van der Waals surface area contributed by atoms with Crippen molar-refractivity contribution in [3.8, 4) is 5.75 Å². The maximum Gasteiger partial charge on any atom is 0.119 e. The summed E-state index contributed by atoms with van der Waals surface area (Å²) in [4.78, 5) is 2.02. The molecule has 0 bridgehead atoms. The van der Waals surface area contributed by atoms with Crippen LogP contribution in [0.25, 0.3) is 0 Å². The van der Waals surface area contributed by atoms with Gasteiger partial charge in [-0.05, 0) is 38.4 Å². The number of ether oxygens (including phenoxy) is 1. The summed E-state index contributed by atoms with van der Waals surface area (Å²) in [7, 11) is 3.93. The van der Waals surface area contributed by atoms with Crippen molar-refractivity contribution >= 4 is 5.69 Å². The number of anilines is 1. The molecule has 0 aromatic heterocycles.